The molecule has 0 aliphatic carbocycles. The fourth-order valence-electron chi connectivity index (χ4n) is 4.44. The van der Waals surface area contributed by atoms with Crippen LogP contribution in [-0.2, 0) is 20.6 Å². The van der Waals surface area contributed by atoms with Crippen molar-refractivity contribution in [2.75, 3.05) is 18.4 Å². The van der Waals surface area contributed by atoms with Crippen molar-refractivity contribution in [1.29, 1.82) is 5.41 Å². The Labute approximate surface area is 241 Å². The van der Waals surface area contributed by atoms with Crippen LogP contribution in [0.5, 0.6) is 0 Å². The van der Waals surface area contributed by atoms with E-state index in [1.54, 1.807) is 18.2 Å². The number of carbonyl (C=O) groups is 1. The molecule has 1 aliphatic heterocycles. The van der Waals surface area contributed by atoms with Gasteiger partial charge in [-0.2, -0.15) is 4.72 Å². The first-order valence-electron chi connectivity index (χ1n) is 12.8. The van der Waals surface area contributed by atoms with Gasteiger partial charge in [0, 0.05) is 22.9 Å². The smallest absolute Gasteiger partial charge is 0.241 e. The Morgan fingerprint density at radius 3 is 2.65 bits per heavy atom. The molecule has 9 nitrogen and oxygen atoms in total. The Bertz CT molecular complexity index is 1600. The normalized spacial score (nSPS) is 15.1. The number of fused-ring (bicyclic) bond motifs is 1. The molecule has 1 atom stereocenters. The Balaban J connectivity index is 1.38. The molecule has 3 aromatic carbocycles. The van der Waals surface area contributed by atoms with Crippen LogP contribution in [0.15, 0.2) is 77.7 Å². The van der Waals surface area contributed by atoms with Gasteiger partial charge in [-0.1, -0.05) is 36.4 Å². The van der Waals surface area contributed by atoms with Crippen molar-refractivity contribution < 1.29 is 13.2 Å². The van der Waals surface area contributed by atoms with E-state index in [1.165, 1.54) is 35.2 Å². The number of benzene rings is 3. The zero-order valence-corrected chi connectivity index (χ0v) is 24.0. The van der Waals surface area contributed by atoms with Crippen LogP contribution in [-0.4, -0.2) is 38.2 Å². The lowest BCUT2D eigenvalue weighted by Gasteiger charge is -2.22. The van der Waals surface area contributed by atoms with Crippen LogP contribution >= 0.6 is 23.1 Å². The van der Waals surface area contributed by atoms with E-state index < -0.39 is 15.4 Å². The maximum Gasteiger partial charge on any atom is 0.241 e. The van der Waals surface area contributed by atoms with Gasteiger partial charge in [0.1, 0.15) is 16.2 Å². The lowest BCUT2D eigenvalue weighted by molar-refractivity contribution is -0.120. The van der Waals surface area contributed by atoms with Gasteiger partial charge in [0.05, 0.1) is 15.1 Å². The zero-order valence-electron chi connectivity index (χ0n) is 21.6. The third kappa shape index (κ3) is 6.88. The quantitative estimate of drug-likeness (QED) is 0.104. The van der Waals surface area contributed by atoms with Crippen LogP contribution in [0.1, 0.15) is 34.4 Å². The van der Waals surface area contributed by atoms with Crippen molar-refractivity contribution in [3.8, 4) is 0 Å². The van der Waals surface area contributed by atoms with Crippen molar-refractivity contribution in [3.63, 3.8) is 0 Å². The summed E-state index contributed by atoms with van der Waals surface area (Å²) in [6.07, 6.45) is 1.50. The first-order chi connectivity index (χ1) is 19.3. The molecule has 1 unspecified atom stereocenters. The predicted octanol–water partition coefficient (Wildman–Crippen LogP) is 4.43. The van der Waals surface area contributed by atoms with Crippen LogP contribution in [0.2, 0.25) is 0 Å². The second-order valence-corrected chi connectivity index (χ2v) is 13.4. The second kappa shape index (κ2) is 12.5. The lowest BCUT2D eigenvalue weighted by Crippen LogP contribution is -2.34. The van der Waals surface area contributed by atoms with E-state index in [0.717, 1.165) is 41.7 Å². The van der Waals surface area contributed by atoms with Crippen LogP contribution in [0.3, 0.4) is 0 Å². The molecule has 208 valence electrons. The van der Waals surface area contributed by atoms with E-state index in [9.17, 15) is 13.2 Å². The van der Waals surface area contributed by atoms with Gasteiger partial charge in [-0.3, -0.25) is 10.2 Å². The summed E-state index contributed by atoms with van der Waals surface area (Å²) in [6.45, 7) is 1.58. The molecule has 0 spiro atoms. The average molecular weight is 595 g/mol. The summed E-state index contributed by atoms with van der Waals surface area (Å²) in [4.78, 5) is 17.5. The summed E-state index contributed by atoms with van der Waals surface area (Å²) < 4.78 is 31.0. The number of para-hydroxylation sites is 1. The molecule has 0 saturated carbocycles. The number of thiazole rings is 1. The summed E-state index contributed by atoms with van der Waals surface area (Å²) in [5.74, 6) is 0.249. The molecule has 12 heteroatoms. The minimum Gasteiger partial charge on any atom is -0.384 e. The number of thioether (sulfide) groups is 1. The number of nitrogens with one attached hydrogen (secondary N) is 4. The van der Waals surface area contributed by atoms with Gasteiger partial charge in [0.2, 0.25) is 15.9 Å². The molecule has 5 rings (SSSR count). The minimum absolute atomic E-state index is 0.0256. The topological polar surface area (TPSA) is 150 Å². The standard InChI is InChI=1S/C28H30N6O3S3/c29-25(30)20-6-3-5-18(15-20)17-38-28(27-33-23-9-1-2-10-24(23)39-27)34-40(36,37)22-8-4-7-21(16-22)32-26(35)19-11-13-31-14-12-19/h1-10,15-16,19,28,31,34H,11-14,17H2,(H3,29,30)(H,32,35). The first kappa shape index (κ1) is 28.2. The molecule has 6 N–H and O–H groups in total. The molecule has 1 saturated heterocycles. The number of amides is 1. The molecule has 0 radical (unpaired) electrons. The number of amidine groups is 1. The van der Waals surface area contributed by atoms with E-state index in [4.69, 9.17) is 16.1 Å². The fourth-order valence-corrected chi connectivity index (χ4v) is 8.22. The molecule has 40 heavy (non-hydrogen) atoms. The van der Waals surface area contributed by atoms with E-state index in [2.05, 4.69) is 15.4 Å². The Morgan fingerprint density at radius 1 is 1.10 bits per heavy atom. The van der Waals surface area contributed by atoms with Crippen LogP contribution in [0.4, 0.5) is 5.69 Å². The maximum atomic E-state index is 13.6. The van der Waals surface area contributed by atoms with Gasteiger partial charge in [-0.05, 0) is 67.9 Å². The molecule has 1 aromatic heterocycles. The molecule has 1 fully saturated rings. The van der Waals surface area contributed by atoms with Gasteiger partial charge in [0.25, 0.3) is 0 Å². The number of carbonyl (C=O) groups excluding carboxylic acids is 1. The molecule has 1 amide bonds. The van der Waals surface area contributed by atoms with Crippen molar-refractivity contribution in [2.24, 2.45) is 11.7 Å². The highest BCUT2D eigenvalue weighted by Crippen LogP contribution is 2.36. The van der Waals surface area contributed by atoms with Crippen molar-refractivity contribution in [1.82, 2.24) is 15.0 Å². The summed E-state index contributed by atoms with van der Waals surface area (Å²) in [6, 6.07) is 21.3. The maximum absolute atomic E-state index is 13.6. The molecular weight excluding hydrogens is 565 g/mol. The Morgan fingerprint density at radius 2 is 1.88 bits per heavy atom. The summed E-state index contributed by atoms with van der Waals surface area (Å²) in [7, 11) is -3.97. The summed E-state index contributed by atoms with van der Waals surface area (Å²) >= 11 is 2.83. The van der Waals surface area contributed by atoms with Gasteiger partial charge in [-0.25, -0.2) is 13.4 Å². The van der Waals surface area contributed by atoms with Crippen molar-refractivity contribution in [3.05, 3.63) is 88.9 Å². The third-order valence-electron chi connectivity index (χ3n) is 6.57. The van der Waals surface area contributed by atoms with E-state index in [0.29, 0.717) is 22.0 Å². The minimum atomic E-state index is -3.97. The van der Waals surface area contributed by atoms with Gasteiger partial charge < -0.3 is 16.4 Å². The molecule has 1 aliphatic rings. The number of aromatic nitrogens is 1. The van der Waals surface area contributed by atoms with Crippen LogP contribution in [0.25, 0.3) is 10.2 Å². The number of rotatable bonds is 10. The fraction of sp³-hybridized carbons (Fsp3) is 0.250. The Hall–Kier alpha value is -3.29. The zero-order chi connectivity index (χ0) is 28.1. The Kier molecular flexibility index (Phi) is 8.81. The van der Waals surface area contributed by atoms with Gasteiger partial charge in [-0.15, -0.1) is 23.1 Å². The highest BCUT2D eigenvalue weighted by molar-refractivity contribution is 7.99. The number of nitrogens with zero attached hydrogens (tertiary/aromatic N) is 1. The number of hydrogen-bond acceptors (Lipinski definition) is 8. The number of piperidine rings is 1. The highest BCUT2D eigenvalue weighted by Gasteiger charge is 2.26. The lowest BCUT2D eigenvalue weighted by atomic mass is 9.97. The number of sulfonamides is 1. The van der Waals surface area contributed by atoms with Crippen LogP contribution in [0, 0.1) is 11.3 Å². The van der Waals surface area contributed by atoms with Gasteiger partial charge >= 0.3 is 0 Å². The van der Waals surface area contributed by atoms with Crippen molar-refractivity contribution in [2.45, 2.75) is 28.9 Å². The first-order valence-corrected chi connectivity index (χ1v) is 16.2. The highest BCUT2D eigenvalue weighted by atomic mass is 32.2. The average Bonchev–Trinajstić information content (AvgIpc) is 3.40. The molecule has 0 bridgehead atoms. The largest absolute Gasteiger partial charge is 0.384 e. The van der Waals surface area contributed by atoms with Crippen molar-refractivity contribution >= 4 is 60.8 Å². The number of hydrogen-bond donors (Lipinski definition) is 5. The van der Waals surface area contributed by atoms with E-state index in [-0.39, 0.29) is 22.6 Å². The molecule has 2 heterocycles. The number of nitrogens with two attached hydrogens (primary N) is 1. The van der Waals surface area contributed by atoms with E-state index >= 15 is 0 Å². The van der Waals surface area contributed by atoms with Gasteiger partial charge in [0.15, 0.2) is 0 Å². The predicted molar refractivity (Wildman–Crippen MR) is 162 cm³/mol. The SMILES string of the molecule is N=C(N)c1cccc(CSC(NS(=O)(=O)c2cccc(NC(=O)C3CCNCC3)c2)c2nc3ccccc3s2)c1. The monoisotopic (exact) mass is 594 g/mol. The third-order valence-corrected chi connectivity index (χ3v) is 10.6. The molecular formula is C28H30N6O3S3. The number of anilines is 1. The van der Waals surface area contributed by atoms with E-state index in [1.807, 2.05) is 42.5 Å². The summed E-state index contributed by atoms with van der Waals surface area (Å²) in [5, 5.41) is 13.8. The number of nitrogen functional groups attached to an aromatic ring is 1. The molecule has 4 aromatic rings. The van der Waals surface area contributed by atoms with Crippen LogP contribution < -0.4 is 21.1 Å². The summed E-state index contributed by atoms with van der Waals surface area (Å²) in [5.41, 5.74) is 8.41. The second-order valence-electron chi connectivity index (χ2n) is 9.49.